The van der Waals surface area contributed by atoms with Gasteiger partial charge in [-0.2, -0.15) is 4.39 Å². The Labute approximate surface area is 87.4 Å². The van der Waals surface area contributed by atoms with Crippen LogP contribution in [0.25, 0.3) is 11.1 Å². The predicted octanol–water partition coefficient (Wildman–Crippen LogP) is 2.90. The van der Waals surface area contributed by atoms with Gasteiger partial charge >= 0.3 is 0 Å². The van der Waals surface area contributed by atoms with Crippen molar-refractivity contribution in [3.63, 3.8) is 0 Å². The first kappa shape index (κ1) is 9.65. The number of nitrogens with zero attached hydrogens (tertiary/aromatic N) is 1. The van der Waals surface area contributed by atoms with Crippen LogP contribution in [0, 0.1) is 5.95 Å². The zero-order chi connectivity index (χ0) is 10.7. The Bertz CT molecular complexity index is 471. The highest BCUT2D eigenvalue weighted by molar-refractivity contribution is 5.64. The summed E-state index contributed by atoms with van der Waals surface area (Å²) < 4.78 is 18.4. The molecule has 0 aliphatic carbocycles. The number of pyridine rings is 1. The second-order valence-corrected chi connectivity index (χ2v) is 3.07. The summed E-state index contributed by atoms with van der Waals surface area (Å²) in [6.45, 7) is 0. The van der Waals surface area contributed by atoms with Crippen molar-refractivity contribution < 1.29 is 9.13 Å². The fourth-order valence-corrected chi connectivity index (χ4v) is 1.39. The minimum atomic E-state index is -0.467. The summed E-state index contributed by atoms with van der Waals surface area (Å²) in [7, 11) is 1.58. The van der Waals surface area contributed by atoms with Crippen molar-refractivity contribution in [2.45, 2.75) is 0 Å². The van der Waals surface area contributed by atoms with E-state index in [2.05, 4.69) is 4.98 Å². The minimum absolute atomic E-state index is 0.467. The molecule has 15 heavy (non-hydrogen) atoms. The molecule has 1 heterocycles. The highest BCUT2D eigenvalue weighted by atomic mass is 19.1. The lowest BCUT2D eigenvalue weighted by Gasteiger charge is -2.04. The fourth-order valence-electron chi connectivity index (χ4n) is 1.39. The average molecular weight is 203 g/mol. The normalized spacial score (nSPS) is 10.0. The average Bonchev–Trinajstić information content (AvgIpc) is 2.30. The Balaban J connectivity index is 2.49. The Kier molecular flexibility index (Phi) is 2.63. The third-order valence-corrected chi connectivity index (χ3v) is 2.14. The van der Waals surface area contributed by atoms with E-state index in [9.17, 15) is 4.39 Å². The molecule has 0 aliphatic heterocycles. The maximum Gasteiger partial charge on any atom is 0.220 e. The lowest BCUT2D eigenvalue weighted by molar-refractivity contribution is 0.415. The molecule has 1 aromatic heterocycles. The zero-order valence-corrected chi connectivity index (χ0v) is 8.27. The Morgan fingerprint density at radius 2 is 2.07 bits per heavy atom. The number of hydrogen-bond acceptors (Lipinski definition) is 2. The summed E-state index contributed by atoms with van der Waals surface area (Å²) in [6.07, 6.45) is 1.43. The van der Waals surface area contributed by atoms with Gasteiger partial charge in [-0.3, -0.25) is 0 Å². The van der Waals surface area contributed by atoms with Gasteiger partial charge in [-0.15, -0.1) is 0 Å². The molecule has 0 saturated carbocycles. The van der Waals surface area contributed by atoms with Gasteiger partial charge in [-0.1, -0.05) is 12.1 Å². The van der Waals surface area contributed by atoms with Crippen molar-refractivity contribution in [2.75, 3.05) is 7.11 Å². The molecule has 0 saturated heterocycles. The molecule has 0 spiro atoms. The third kappa shape index (κ3) is 1.96. The molecule has 1 aromatic carbocycles. The third-order valence-electron chi connectivity index (χ3n) is 2.14. The lowest BCUT2D eigenvalue weighted by atomic mass is 10.1. The lowest BCUT2D eigenvalue weighted by Crippen LogP contribution is -1.88. The smallest absolute Gasteiger partial charge is 0.220 e. The molecular formula is C12H10FNO. The van der Waals surface area contributed by atoms with Crippen LogP contribution in [0.3, 0.4) is 0 Å². The summed E-state index contributed by atoms with van der Waals surface area (Å²) in [5.74, 6) is 0.238. The van der Waals surface area contributed by atoms with E-state index in [1.165, 1.54) is 6.20 Å². The fraction of sp³-hybridized carbons (Fsp3) is 0.0833. The molecule has 76 valence electrons. The highest BCUT2D eigenvalue weighted by Crippen LogP contribution is 2.24. The van der Waals surface area contributed by atoms with Crippen LogP contribution in [-0.2, 0) is 0 Å². The number of ether oxygens (including phenoxy) is 1. The van der Waals surface area contributed by atoms with E-state index >= 15 is 0 Å². The van der Waals surface area contributed by atoms with Crippen LogP contribution in [0.2, 0.25) is 0 Å². The van der Waals surface area contributed by atoms with Crippen molar-refractivity contribution in [3.8, 4) is 16.9 Å². The molecule has 0 unspecified atom stereocenters. The molecule has 0 amide bonds. The van der Waals surface area contributed by atoms with E-state index in [4.69, 9.17) is 4.74 Å². The van der Waals surface area contributed by atoms with Gasteiger partial charge in [0.25, 0.3) is 0 Å². The predicted molar refractivity (Wildman–Crippen MR) is 56.2 cm³/mol. The first-order valence-electron chi connectivity index (χ1n) is 4.56. The van der Waals surface area contributed by atoms with E-state index in [1.807, 2.05) is 18.2 Å². The number of hydrogen-bond donors (Lipinski definition) is 0. The number of aromatic nitrogens is 1. The Morgan fingerprint density at radius 3 is 2.80 bits per heavy atom. The van der Waals surface area contributed by atoms with E-state index in [0.717, 1.165) is 5.56 Å². The van der Waals surface area contributed by atoms with Gasteiger partial charge in [-0.25, -0.2) is 4.98 Å². The highest BCUT2D eigenvalue weighted by Gasteiger charge is 2.05. The van der Waals surface area contributed by atoms with E-state index in [1.54, 1.807) is 25.3 Å². The standard InChI is InChI=1S/C12H10FNO/c1-15-10-5-2-4-9(8-10)11-6-3-7-14-12(11)13/h2-8H,1H3. The number of methoxy groups -OCH3 is 1. The molecule has 2 rings (SSSR count). The van der Waals surface area contributed by atoms with Gasteiger partial charge in [0.05, 0.1) is 7.11 Å². The van der Waals surface area contributed by atoms with Crippen molar-refractivity contribution in [1.29, 1.82) is 0 Å². The first-order chi connectivity index (χ1) is 7.31. The molecule has 0 atom stereocenters. The van der Waals surface area contributed by atoms with Gasteiger partial charge in [-0.05, 0) is 29.8 Å². The van der Waals surface area contributed by atoms with Gasteiger partial charge < -0.3 is 4.74 Å². The topological polar surface area (TPSA) is 22.1 Å². The van der Waals surface area contributed by atoms with Crippen LogP contribution >= 0.6 is 0 Å². The molecule has 0 aliphatic rings. The SMILES string of the molecule is COc1cccc(-c2cccnc2F)c1. The summed E-state index contributed by atoms with van der Waals surface area (Å²) in [5, 5.41) is 0. The molecule has 0 bridgehead atoms. The Morgan fingerprint density at radius 1 is 1.20 bits per heavy atom. The van der Waals surface area contributed by atoms with E-state index in [0.29, 0.717) is 11.3 Å². The van der Waals surface area contributed by atoms with Crippen LogP contribution in [0.1, 0.15) is 0 Å². The van der Waals surface area contributed by atoms with Gasteiger partial charge in [0, 0.05) is 11.8 Å². The van der Waals surface area contributed by atoms with Crippen LogP contribution in [0.4, 0.5) is 4.39 Å². The first-order valence-corrected chi connectivity index (χ1v) is 4.56. The van der Waals surface area contributed by atoms with Crippen LogP contribution in [-0.4, -0.2) is 12.1 Å². The van der Waals surface area contributed by atoms with E-state index in [-0.39, 0.29) is 0 Å². The summed E-state index contributed by atoms with van der Waals surface area (Å²) >= 11 is 0. The van der Waals surface area contributed by atoms with E-state index < -0.39 is 5.95 Å². The molecule has 0 fully saturated rings. The van der Waals surface area contributed by atoms with Gasteiger partial charge in [0.2, 0.25) is 5.95 Å². The van der Waals surface area contributed by atoms with Crippen molar-refractivity contribution in [1.82, 2.24) is 4.98 Å². The van der Waals surface area contributed by atoms with Crippen molar-refractivity contribution in [2.24, 2.45) is 0 Å². The van der Waals surface area contributed by atoms with Crippen molar-refractivity contribution in [3.05, 3.63) is 48.5 Å². The monoisotopic (exact) mass is 203 g/mol. The largest absolute Gasteiger partial charge is 0.497 e. The molecule has 0 N–H and O–H groups in total. The maximum atomic E-state index is 13.4. The Hall–Kier alpha value is -1.90. The quantitative estimate of drug-likeness (QED) is 0.700. The molecule has 2 nitrogen and oxygen atoms in total. The van der Waals surface area contributed by atoms with Crippen molar-refractivity contribution >= 4 is 0 Å². The second kappa shape index (κ2) is 4.09. The van der Waals surface area contributed by atoms with Gasteiger partial charge in [0.15, 0.2) is 0 Å². The van der Waals surface area contributed by atoms with Crippen LogP contribution < -0.4 is 4.74 Å². The van der Waals surface area contributed by atoms with Crippen LogP contribution in [0.15, 0.2) is 42.6 Å². The summed E-state index contributed by atoms with van der Waals surface area (Å²) in [4.78, 5) is 3.60. The second-order valence-electron chi connectivity index (χ2n) is 3.07. The van der Waals surface area contributed by atoms with Gasteiger partial charge in [0.1, 0.15) is 5.75 Å². The molecule has 3 heteroatoms. The number of halogens is 1. The zero-order valence-electron chi connectivity index (χ0n) is 8.27. The summed E-state index contributed by atoms with van der Waals surface area (Å²) in [5.41, 5.74) is 1.25. The molecule has 0 radical (unpaired) electrons. The minimum Gasteiger partial charge on any atom is -0.497 e. The van der Waals surface area contributed by atoms with Crippen LogP contribution in [0.5, 0.6) is 5.75 Å². The number of rotatable bonds is 2. The summed E-state index contributed by atoms with van der Waals surface area (Å²) in [6, 6.07) is 10.6. The number of benzene rings is 1. The maximum absolute atomic E-state index is 13.4. The molecular weight excluding hydrogens is 193 g/mol. The molecule has 2 aromatic rings.